The monoisotopic (exact) mass is 355 g/mol. The van der Waals surface area contributed by atoms with Crippen LogP contribution >= 0.6 is 46.8 Å². The Labute approximate surface area is 115 Å². The molecule has 1 aromatic carbocycles. The largest absolute Gasteiger partial charge is 0.385 e. The third-order valence-electron chi connectivity index (χ3n) is 2.46. The lowest BCUT2D eigenvalue weighted by molar-refractivity contribution is 0.956. The molecule has 4 heteroatoms. The number of fused-ring (bicyclic) bond motifs is 1. The van der Waals surface area contributed by atoms with Crippen molar-refractivity contribution in [1.82, 2.24) is 0 Å². The van der Waals surface area contributed by atoms with Crippen LogP contribution in [-0.4, -0.2) is 12.3 Å². The number of rotatable bonds is 0. The Bertz CT molecular complexity index is 332. The van der Waals surface area contributed by atoms with Crippen LogP contribution in [0.25, 0.3) is 0 Å². The lowest BCUT2D eigenvalue weighted by Crippen LogP contribution is -2.09. The average Bonchev–Trinajstić information content (AvgIpc) is 2.16. The Morgan fingerprint density at radius 1 is 1.47 bits per heavy atom. The first-order chi connectivity index (χ1) is 6.77. The van der Waals surface area contributed by atoms with E-state index in [1.165, 1.54) is 27.0 Å². The highest BCUT2D eigenvalue weighted by Crippen LogP contribution is 2.35. The molecule has 84 valence electrons. The molecule has 1 nitrogen and oxygen atoms in total. The molecule has 0 bridgehead atoms. The predicted molar refractivity (Wildman–Crippen MR) is 80.4 cm³/mol. The van der Waals surface area contributed by atoms with Crippen molar-refractivity contribution in [3.05, 3.63) is 27.3 Å². The summed E-state index contributed by atoms with van der Waals surface area (Å²) in [6.45, 7) is 3.40. The second kappa shape index (κ2) is 6.21. The van der Waals surface area contributed by atoms with Crippen LogP contribution in [0.3, 0.4) is 0 Å². The topological polar surface area (TPSA) is 12.0 Å². The summed E-state index contributed by atoms with van der Waals surface area (Å²) in [6, 6.07) is 6.68. The lowest BCUT2D eigenvalue weighted by atomic mass is 10.1. The zero-order valence-electron chi connectivity index (χ0n) is 8.63. The van der Waals surface area contributed by atoms with Gasteiger partial charge in [0, 0.05) is 21.1 Å². The number of thioether (sulfide) groups is 1. The van der Waals surface area contributed by atoms with Crippen LogP contribution < -0.4 is 5.32 Å². The van der Waals surface area contributed by atoms with Crippen molar-refractivity contribution in [1.29, 1.82) is 0 Å². The summed E-state index contributed by atoms with van der Waals surface area (Å²) < 4.78 is 1.33. The maximum Gasteiger partial charge on any atom is 0.0384 e. The minimum Gasteiger partial charge on any atom is -0.385 e. The van der Waals surface area contributed by atoms with E-state index in [9.17, 15) is 0 Å². The highest BCUT2D eigenvalue weighted by atomic mass is 127. The van der Waals surface area contributed by atoms with E-state index in [1.54, 1.807) is 0 Å². The molecule has 0 radical (unpaired) electrons. The SMILES string of the molecule is CC1SCCCNc2ccc(I)cc21.Cl. The van der Waals surface area contributed by atoms with Gasteiger partial charge in [0.1, 0.15) is 0 Å². The van der Waals surface area contributed by atoms with Gasteiger partial charge in [0.15, 0.2) is 0 Å². The Morgan fingerprint density at radius 3 is 3.07 bits per heavy atom. The van der Waals surface area contributed by atoms with Gasteiger partial charge in [-0.3, -0.25) is 0 Å². The van der Waals surface area contributed by atoms with Crippen LogP contribution in [-0.2, 0) is 0 Å². The number of nitrogens with one attached hydrogen (secondary N) is 1. The van der Waals surface area contributed by atoms with E-state index >= 15 is 0 Å². The molecular formula is C11H15ClINS. The summed E-state index contributed by atoms with van der Waals surface area (Å²) in [5.41, 5.74) is 2.78. The van der Waals surface area contributed by atoms with Crippen LogP contribution in [0.5, 0.6) is 0 Å². The first kappa shape index (κ1) is 13.5. The maximum absolute atomic E-state index is 3.51. The third kappa shape index (κ3) is 3.43. The molecule has 0 saturated heterocycles. The molecule has 1 aliphatic heterocycles. The van der Waals surface area contributed by atoms with Gasteiger partial charge in [-0.05, 0) is 65.5 Å². The molecular weight excluding hydrogens is 341 g/mol. The van der Waals surface area contributed by atoms with E-state index in [0.29, 0.717) is 5.25 Å². The molecule has 2 rings (SSSR count). The van der Waals surface area contributed by atoms with Crippen LogP contribution in [0.15, 0.2) is 18.2 Å². The minimum atomic E-state index is 0. The van der Waals surface area contributed by atoms with Crippen LogP contribution in [0.4, 0.5) is 5.69 Å². The molecule has 0 aliphatic carbocycles. The molecule has 0 fully saturated rings. The molecule has 0 aromatic heterocycles. The second-order valence-electron chi connectivity index (χ2n) is 3.52. The Kier molecular flexibility index (Phi) is 5.57. The molecule has 1 aromatic rings. The summed E-state index contributed by atoms with van der Waals surface area (Å²) >= 11 is 4.44. The highest BCUT2D eigenvalue weighted by molar-refractivity contribution is 14.1. The summed E-state index contributed by atoms with van der Waals surface area (Å²) in [5.74, 6) is 1.26. The number of benzene rings is 1. The summed E-state index contributed by atoms with van der Waals surface area (Å²) in [6.07, 6.45) is 1.26. The number of halogens is 2. The summed E-state index contributed by atoms with van der Waals surface area (Å²) in [4.78, 5) is 0. The van der Waals surface area contributed by atoms with Gasteiger partial charge in [0.2, 0.25) is 0 Å². The Hall–Kier alpha value is 0.390. The van der Waals surface area contributed by atoms with E-state index in [0.717, 1.165) is 6.54 Å². The molecule has 0 spiro atoms. The van der Waals surface area contributed by atoms with Gasteiger partial charge in [-0.25, -0.2) is 0 Å². The molecule has 1 N–H and O–H groups in total. The highest BCUT2D eigenvalue weighted by Gasteiger charge is 2.13. The molecule has 0 amide bonds. The van der Waals surface area contributed by atoms with Gasteiger partial charge < -0.3 is 5.32 Å². The molecule has 1 unspecified atom stereocenters. The van der Waals surface area contributed by atoms with Gasteiger partial charge in [-0.1, -0.05) is 0 Å². The van der Waals surface area contributed by atoms with Gasteiger partial charge in [-0.2, -0.15) is 11.8 Å². The minimum absolute atomic E-state index is 0. The smallest absolute Gasteiger partial charge is 0.0384 e. The van der Waals surface area contributed by atoms with Gasteiger partial charge in [0.25, 0.3) is 0 Å². The van der Waals surface area contributed by atoms with E-state index in [4.69, 9.17) is 0 Å². The van der Waals surface area contributed by atoms with E-state index in [1.807, 2.05) is 0 Å². The number of anilines is 1. The van der Waals surface area contributed by atoms with Crippen molar-refractivity contribution in [3.8, 4) is 0 Å². The molecule has 15 heavy (non-hydrogen) atoms. The van der Waals surface area contributed by atoms with Gasteiger partial charge >= 0.3 is 0 Å². The van der Waals surface area contributed by atoms with E-state index in [2.05, 4.69) is 64.8 Å². The molecule has 1 heterocycles. The normalized spacial score (nSPS) is 20.3. The van der Waals surface area contributed by atoms with Crippen molar-refractivity contribution in [2.75, 3.05) is 17.6 Å². The van der Waals surface area contributed by atoms with E-state index in [-0.39, 0.29) is 12.4 Å². The molecule has 1 atom stereocenters. The summed E-state index contributed by atoms with van der Waals surface area (Å²) in [5, 5.41) is 4.12. The summed E-state index contributed by atoms with van der Waals surface area (Å²) in [7, 11) is 0. The lowest BCUT2D eigenvalue weighted by Gasteiger charge is -2.21. The van der Waals surface area contributed by atoms with Gasteiger partial charge in [-0.15, -0.1) is 12.4 Å². The van der Waals surface area contributed by atoms with Crippen molar-refractivity contribution in [2.24, 2.45) is 0 Å². The maximum atomic E-state index is 3.51. The van der Waals surface area contributed by atoms with Crippen molar-refractivity contribution < 1.29 is 0 Å². The fourth-order valence-electron chi connectivity index (χ4n) is 1.68. The average molecular weight is 356 g/mol. The van der Waals surface area contributed by atoms with Crippen LogP contribution in [0, 0.1) is 3.57 Å². The van der Waals surface area contributed by atoms with Crippen molar-refractivity contribution in [2.45, 2.75) is 18.6 Å². The fraction of sp³-hybridized carbons (Fsp3) is 0.455. The van der Waals surface area contributed by atoms with Gasteiger partial charge in [0.05, 0.1) is 0 Å². The number of hydrogen-bond acceptors (Lipinski definition) is 2. The van der Waals surface area contributed by atoms with Crippen molar-refractivity contribution >= 4 is 52.4 Å². The predicted octanol–water partition coefficient (Wildman–Crippen LogP) is 4.32. The standard InChI is InChI=1S/C11H14INS.ClH/c1-8-10-7-9(12)3-4-11(10)13-5-2-6-14-8;/h3-4,7-8,13H,2,5-6H2,1H3;1H. The molecule has 0 saturated carbocycles. The molecule has 1 aliphatic rings. The first-order valence-electron chi connectivity index (χ1n) is 4.92. The van der Waals surface area contributed by atoms with E-state index < -0.39 is 0 Å². The Balaban J connectivity index is 0.00000112. The van der Waals surface area contributed by atoms with Crippen molar-refractivity contribution in [3.63, 3.8) is 0 Å². The second-order valence-corrected chi connectivity index (χ2v) is 6.22. The zero-order valence-corrected chi connectivity index (χ0v) is 12.4. The quantitative estimate of drug-likeness (QED) is 0.696. The fourth-order valence-corrected chi connectivity index (χ4v) is 3.23. The third-order valence-corrected chi connectivity index (χ3v) is 4.41. The number of hydrogen-bond donors (Lipinski definition) is 1. The first-order valence-corrected chi connectivity index (χ1v) is 7.05. The van der Waals surface area contributed by atoms with Crippen LogP contribution in [0.2, 0.25) is 0 Å². The Morgan fingerprint density at radius 2 is 2.27 bits per heavy atom. The van der Waals surface area contributed by atoms with Crippen LogP contribution in [0.1, 0.15) is 24.2 Å². The zero-order chi connectivity index (χ0) is 9.97.